The second-order valence-corrected chi connectivity index (χ2v) is 6.59. The van der Waals surface area contributed by atoms with Gasteiger partial charge >= 0.3 is 0 Å². The lowest BCUT2D eigenvalue weighted by Gasteiger charge is -2.10. The van der Waals surface area contributed by atoms with Gasteiger partial charge in [0.05, 0.1) is 17.2 Å². The maximum absolute atomic E-state index is 12.6. The van der Waals surface area contributed by atoms with E-state index in [2.05, 4.69) is 39.0 Å². The summed E-state index contributed by atoms with van der Waals surface area (Å²) >= 11 is 0. The third-order valence-electron chi connectivity index (χ3n) is 4.31. The van der Waals surface area contributed by atoms with Crippen molar-refractivity contribution in [1.29, 1.82) is 0 Å². The van der Waals surface area contributed by atoms with Crippen LogP contribution >= 0.6 is 0 Å². The molecule has 0 fully saturated rings. The molecule has 1 aromatic carbocycles. The van der Waals surface area contributed by atoms with Crippen LogP contribution in [-0.4, -0.2) is 39.1 Å². The smallest absolute Gasteiger partial charge is 0.261 e. The number of aromatic nitrogens is 8. The van der Waals surface area contributed by atoms with E-state index >= 15 is 0 Å². The van der Waals surface area contributed by atoms with Gasteiger partial charge in [0.15, 0.2) is 5.82 Å². The molecule has 0 spiro atoms. The number of fused-ring (bicyclic) bond motifs is 1. The van der Waals surface area contributed by atoms with Crippen LogP contribution < -0.4 is 5.56 Å². The molecule has 0 bridgehead atoms. The van der Waals surface area contributed by atoms with E-state index in [9.17, 15) is 4.79 Å². The predicted octanol–water partition coefficient (Wildman–Crippen LogP) is 1.45. The Labute approximate surface area is 155 Å². The number of para-hydroxylation sites is 1. The number of nitrogens with zero attached hydrogens (tertiary/aromatic N) is 8. The van der Waals surface area contributed by atoms with Crippen LogP contribution in [0.1, 0.15) is 31.5 Å². The van der Waals surface area contributed by atoms with Crippen LogP contribution in [0.2, 0.25) is 0 Å². The highest BCUT2D eigenvalue weighted by atomic mass is 16.1. The van der Waals surface area contributed by atoms with Crippen molar-refractivity contribution >= 4 is 10.9 Å². The van der Waals surface area contributed by atoms with Crippen LogP contribution in [0, 0.1) is 0 Å². The molecule has 0 saturated heterocycles. The molecule has 0 aliphatic rings. The van der Waals surface area contributed by atoms with Crippen molar-refractivity contribution in [2.45, 2.75) is 39.4 Å². The molecule has 3 aromatic heterocycles. The summed E-state index contributed by atoms with van der Waals surface area (Å²) in [7, 11) is 0. The van der Waals surface area contributed by atoms with Crippen LogP contribution in [0.5, 0.6) is 0 Å². The van der Waals surface area contributed by atoms with Crippen molar-refractivity contribution in [2.75, 3.05) is 0 Å². The molecule has 27 heavy (non-hydrogen) atoms. The summed E-state index contributed by atoms with van der Waals surface area (Å²) in [5, 5.41) is 9.30. The molecule has 9 nitrogen and oxygen atoms in total. The average Bonchev–Trinajstić information content (AvgIpc) is 3.32. The Morgan fingerprint density at radius 3 is 2.78 bits per heavy atom. The Morgan fingerprint density at radius 2 is 2.00 bits per heavy atom. The normalized spacial score (nSPS) is 11.5. The van der Waals surface area contributed by atoms with Gasteiger partial charge in [-0.25, -0.2) is 24.3 Å². The Kier molecular flexibility index (Phi) is 4.49. The lowest BCUT2D eigenvalue weighted by molar-refractivity contribution is 0.488. The van der Waals surface area contributed by atoms with Crippen molar-refractivity contribution in [1.82, 2.24) is 39.1 Å². The SMILES string of the molecule is CC(C)n1nc(Cn2cncn2)nc1CCn1cnc2ccccc2c1=O. The molecule has 0 aliphatic carbocycles. The minimum Gasteiger partial charge on any atom is -0.298 e. The highest BCUT2D eigenvalue weighted by molar-refractivity contribution is 5.76. The van der Waals surface area contributed by atoms with Gasteiger partial charge < -0.3 is 0 Å². The first-order chi connectivity index (χ1) is 13.1. The lowest BCUT2D eigenvalue weighted by Crippen LogP contribution is -2.22. The largest absolute Gasteiger partial charge is 0.298 e. The van der Waals surface area contributed by atoms with E-state index in [1.807, 2.05) is 22.9 Å². The number of hydrogen-bond donors (Lipinski definition) is 0. The van der Waals surface area contributed by atoms with Crippen LogP contribution in [0.4, 0.5) is 0 Å². The fourth-order valence-electron chi connectivity index (χ4n) is 3.00. The van der Waals surface area contributed by atoms with Crippen molar-refractivity contribution in [3.8, 4) is 0 Å². The fraction of sp³-hybridized carbons (Fsp3) is 0.333. The molecule has 3 heterocycles. The minimum atomic E-state index is -0.0425. The quantitative estimate of drug-likeness (QED) is 0.514. The van der Waals surface area contributed by atoms with Gasteiger partial charge in [-0.1, -0.05) is 12.1 Å². The Morgan fingerprint density at radius 1 is 1.15 bits per heavy atom. The zero-order valence-electron chi connectivity index (χ0n) is 15.2. The summed E-state index contributed by atoms with van der Waals surface area (Å²) in [6.45, 7) is 5.07. The van der Waals surface area contributed by atoms with Gasteiger partial charge in [-0.15, -0.1) is 0 Å². The van der Waals surface area contributed by atoms with Gasteiger partial charge in [0.2, 0.25) is 0 Å². The minimum absolute atomic E-state index is 0.0425. The first-order valence-corrected chi connectivity index (χ1v) is 8.82. The number of hydrogen-bond acceptors (Lipinski definition) is 6. The molecular formula is C18H20N8O. The molecular weight excluding hydrogens is 344 g/mol. The number of aryl methyl sites for hydroxylation is 2. The van der Waals surface area contributed by atoms with E-state index in [0.29, 0.717) is 36.2 Å². The zero-order valence-corrected chi connectivity index (χ0v) is 15.2. The third-order valence-corrected chi connectivity index (χ3v) is 4.31. The Balaban J connectivity index is 1.58. The van der Waals surface area contributed by atoms with E-state index in [1.165, 1.54) is 6.33 Å². The maximum Gasteiger partial charge on any atom is 0.261 e. The summed E-state index contributed by atoms with van der Waals surface area (Å²) in [6.07, 6.45) is 5.30. The topological polar surface area (TPSA) is 96.3 Å². The van der Waals surface area contributed by atoms with Crippen molar-refractivity contribution in [2.24, 2.45) is 0 Å². The predicted molar refractivity (Wildman–Crippen MR) is 99.2 cm³/mol. The van der Waals surface area contributed by atoms with E-state index in [0.717, 1.165) is 5.82 Å². The molecule has 0 atom stereocenters. The first-order valence-electron chi connectivity index (χ1n) is 8.82. The van der Waals surface area contributed by atoms with Gasteiger partial charge in [-0.05, 0) is 26.0 Å². The summed E-state index contributed by atoms with van der Waals surface area (Å²) in [5.74, 6) is 1.51. The van der Waals surface area contributed by atoms with Gasteiger partial charge in [-0.2, -0.15) is 10.2 Å². The monoisotopic (exact) mass is 364 g/mol. The molecule has 0 amide bonds. The molecule has 138 valence electrons. The third kappa shape index (κ3) is 3.48. The molecule has 0 saturated carbocycles. The molecule has 0 N–H and O–H groups in total. The van der Waals surface area contributed by atoms with Gasteiger partial charge in [0, 0.05) is 19.0 Å². The van der Waals surface area contributed by atoms with E-state index < -0.39 is 0 Å². The first kappa shape index (κ1) is 17.1. The van der Waals surface area contributed by atoms with Crippen molar-refractivity contribution in [3.63, 3.8) is 0 Å². The van der Waals surface area contributed by atoms with Gasteiger partial charge in [-0.3, -0.25) is 9.36 Å². The molecule has 9 heteroatoms. The summed E-state index contributed by atoms with van der Waals surface area (Å²) in [6, 6.07) is 7.53. The van der Waals surface area contributed by atoms with Crippen molar-refractivity contribution in [3.05, 3.63) is 65.3 Å². The number of benzene rings is 1. The van der Waals surface area contributed by atoms with Crippen LogP contribution in [0.3, 0.4) is 0 Å². The summed E-state index contributed by atoms with van der Waals surface area (Å²) < 4.78 is 5.20. The zero-order chi connectivity index (χ0) is 18.8. The second kappa shape index (κ2) is 7.10. The second-order valence-electron chi connectivity index (χ2n) is 6.59. The Bertz CT molecular complexity index is 1110. The molecule has 0 unspecified atom stereocenters. The van der Waals surface area contributed by atoms with Crippen molar-refractivity contribution < 1.29 is 0 Å². The summed E-state index contributed by atoms with van der Waals surface area (Å²) in [4.78, 5) is 25.6. The molecule has 0 radical (unpaired) electrons. The van der Waals surface area contributed by atoms with E-state index in [1.54, 1.807) is 28.0 Å². The molecule has 4 rings (SSSR count). The van der Waals surface area contributed by atoms with E-state index in [4.69, 9.17) is 0 Å². The number of rotatable bonds is 6. The molecule has 0 aliphatic heterocycles. The van der Waals surface area contributed by atoms with E-state index in [-0.39, 0.29) is 11.6 Å². The average molecular weight is 364 g/mol. The Hall–Kier alpha value is -3.36. The van der Waals surface area contributed by atoms with Gasteiger partial charge in [0.25, 0.3) is 5.56 Å². The standard InChI is InChI=1S/C18H20N8O/c1-13(2)26-17(22-16(23-26)9-25-11-19-10-21-25)7-8-24-12-20-15-6-4-3-5-14(15)18(24)27/h3-6,10-13H,7-9H2,1-2H3. The molecule has 4 aromatic rings. The summed E-state index contributed by atoms with van der Waals surface area (Å²) in [5.41, 5.74) is 0.665. The highest BCUT2D eigenvalue weighted by Crippen LogP contribution is 2.10. The van der Waals surface area contributed by atoms with Crippen LogP contribution in [-0.2, 0) is 19.5 Å². The highest BCUT2D eigenvalue weighted by Gasteiger charge is 2.14. The fourth-order valence-corrected chi connectivity index (χ4v) is 3.00. The van der Waals surface area contributed by atoms with Gasteiger partial charge in [0.1, 0.15) is 25.0 Å². The van der Waals surface area contributed by atoms with Crippen LogP contribution in [0.15, 0.2) is 48.0 Å². The van der Waals surface area contributed by atoms with Crippen LogP contribution in [0.25, 0.3) is 10.9 Å². The lowest BCUT2D eigenvalue weighted by atomic mass is 10.2. The maximum atomic E-state index is 12.6.